The van der Waals surface area contributed by atoms with Crippen molar-refractivity contribution in [1.82, 2.24) is 10.2 Å². The van der Waals surface area contributed by atoms with Crippen molar-refractivity contribution in [2.75, 3.05) is 6.54 Å². The van der Waals surface area contributed by atoms with Gasteiger partial charge in [-0.1, -0.05) is 92.1 Å². The van der Waals surface area contributed by atoms with Crippen LogP contribution in [-0.4, -0.2) is 40.0 Å². The van der Waals surface area contributed by atoms with Crippen LogP contribution in [0.15, 0.2) is 84.9 Å². The molecule has 0 aromatic heterocycles. The molecular weight excluding hydrogens is 470 g/mol. The number of nitrogens with zero attached hydrogens (tertiary/aromatic N) is 2. The van der Waals surface area contributed by atoms with Gasteiger partial charge < -0.3 is 10.2 Å². The highest BCUT2D eigenvalue weighted by molar-refractivity contribution is 6.05. The lowest BCUT2D eigenvalue weighted by atomic mass is 9.94. The number of nitrogens with one attached hydrogen (secondary N) is 1. The van der Waals surface area contributed by atoms with Gasteiger partial charge in [-0.25, -0.2) is 0 Å². The molecule has 1 unspecified atom stereocenters. The molecule has 8 heteroatoms. The van der Waals surface area contributed by atoms with E-state index in [0.717, 1.165) is 37.0 Å². The van der Waals surface area contributed by atoms with Crippen LogP contribution in [0.25, 0.3) is 0 Å². The number of hydrogen-bond acceptors (Lipinski definition) is 5. The average molecular weight is 500 g/mol. The summed E-state index contributed by atoms with van der Waals surface area (Å²) in [6.45, 7) is -0.424. The molecule has 1 N–H and O–H groups in total. The Kier molecular flexibility index (Phi) is 8.40. The first-order chi connectivity index (χ1) is 18.0. The maximum atomic E-state index is 13.9. The Hall–Kier alpha value is -4.33. The molecule has 1 atom stereocenters. The van der Waals surface area contributed by atoms with Gasteiger partial charge in [-0.3, -0.25) is 24.5 Å². The first kappa shape index (κ1) is 25.8. The van der Waals surface area contributed by atoms with Gasteiger partial charge in [-0.2, -0.15) is 0 Å². The Morgan fingerprint density at radius 1 is 0.865 bits per heavy atom. The van der Waals surface area contributed by atoms with Crippen LogP contribution in [0.4, 0.5) is 5.69 Å². The van der Waals surface area contributed by atoms with Gasteiger partial charge in [-0.15, -0.1) is 0 Å². The van der Waals surface area contributed by atoms with Crippen LogP contribution in [0.5, 0.6) is 0 Å². The van der Waals surface area contributed by atoms with Crippen molar-refractivity contribution in [3.05, 3.63) is 112 Å². The smallest absolute Gasteiger partial charge is 0.282 e. The first-order valence-corrected chi connectivity index (χ1v) is 12.4. The molecule has 0 heterocycles. The zero-order valence-electron chi connectivity index (χ0n) is 20.4. The Morgan fingerprint density at radius 3 is 2.11 bits per heavy atom. The number of carbonyl (C=O) groups excluding carboxylic acids is 3. The van der Waals surface area contributed by atoms with Crippen LogP contribution < -0.4 is 5.32 Å². The van der Waals surface area contributed by atoms with Crippen molar-refractivity contribution < 1.29 is 19.3 Å². The third-order valence-electron chi connectivity index (χ3n) is 6.63. The summed E-state index contributed by atoms with van der Waals surface area (Å²) in [4.78, 5) is 53.3. The number of nitro benzene ring substituents is 1. The van der Waals surface area contributed by atoms with Gasteiger partial charge in [0.1, 0.15) is 11.6 Å². The first-order valence-electron chi connectivity index (χ1n) is 12.4. The van der Waals surface area contributed by atoms with Gasteiger partial charge in [0.05, 0.1) is 11.5 Å². The van der Waals surface area contributed by atoms with Crippen LogP contribution in [0.1, 0.15) is 64.4 Å². The molecule has 3 aromatic carbocycles. The van der Waals surface area contributed by atoms with Crippen LogP contribution in [0, 0.1) is 10.1 Å². The van der Waals surface area contributed by atoms with E-state index in [1.54, 1.807) is 60.7 Å². The molecule has 0 aliphatic heterocycles. The van der Waals surface area contributed by atoms with E-state index >= 15 is 0 Å². The SMILES string of the molecule is O=C(CN(C(=O)c1ccccc1[N+](=O)[O-])C(C(=O)NC1CCCCC1)c1ccccc1)c1ccccc1. The second-order valence-corrected chi connectivity index (χ2v) is 9.15. The minimum absolute atomic E-state index is 0.0275. The zero-order chi connectivity index (χ0) is 26.2. The molecule has 2 amide bonds. The van der Waals surface area contributed by atoms with Gasteiger partial charge in [0.2, 0.25) is 5.91 Å². The van der Waals surface area contributed by atoms with E-state index in [9.17, 15) is 24.5 Å². The predicted molar refractivity (Wildman–Crippen MR) is 139 cm³/mol. The number of para-hydroxylation sites is 1. The molecule has 1 fully saturated rings. The molecule has 4 rings (SSSR count). The van der Waals surface area contributed by atoms with Gasteiger partial charge in [0, 0.05) is 17.7 Å². The highest BCUT2D eigenvalue weighted by atomic mass is 16.6. The third-order valence-corrected chi connectivity index (χ3v) is 6.63. The monoisotopic (exact) mass is 499 g/mol. The second kappa shape index (κ2) is 12.1. The Bertz CT molecular complexity index is 1260. The number of Topliss-reactive ketones (excluding diaryl/α,β-unsaturated/α-hetero) is 1. The largest absolute Gasteiger partial charge is 0.351 e. The third kappa shape index (κ3) is 6.27. The second-order valence-electron chi connectivity index (χ2n) is 9.15. The van der Waals surface area contributed by atoms with Gasteiger partial charge in [0.15, 0.2) is 5.78 Å². The maximum absolute atomic E-state index is 13.9. The number of carbonyl (C=O) groups is 3. The Balaban J connectivity index is 1.77. The minimum Gasteiger partial charge on any atom is -0.351 e. The normalized spacial score (nSPS) is 14.4. The molecular formula is C29H29N3O5. The topological polar surface area (TPSA) is 110 Å². The van der Waals surface area contributed by atoms with Crippen molar-refractivity contribution in [2.24, 2.45) is 0 Å². The standard InChI is InChI=1S/C29H29N3O5/c33-26(21-12-4-1-5-13-21)20-31(29(35)24-18-10-11-19-25(24)32(36)37)27(22-14-6-2-7-15-22)28(34)30-23-16-8-3-9-17-23/h1-2,4-7,10-15,18-19,23,27H,3,8-9,16-17,20H2,(H,30,34). The van der Waals surface area contributed by atoms with Gasteiger partial charge in [-0.05, 0) is 24.5 Å². The number of nitro groups is 1. The van der Waals surface area contributed by atoms with E-state index in [0.29, 0.717) is 11.1 Å². The molecule has 0 saturated heterocycles. The molecule has 0 bridgehead atoms. The number of hydrogen-bond donors (Lipinski definition) is 1. The van der Waals surface area contributed by atoms with Gasteiger partial charge in [0.25, 0.3) is 11.6 Å². The molecule has 1 saturated carbocycles. The summed E-state index contributed by atoms with van der Waals surface area (Å²) in [5.74, 6) is -1.55. The minimum atomic E-state index is -1.15. The van der Waals surface area contributed by atoms with Crippen LogP contribution in [-0.2, 0) is 4.79 Å². The van der Waals surface area contributed by atoms with Crippen LogP contribution in [0.2, 0.25) is 0 Å². The van der Waals surface area contributed by atoms with E-state index in [1.807, 2.05) is 0 Å². The maximum Gasteiger partial charge on any atom is 0.282 e. The van der Waals surface area contributed by atoms with E-state index in [-0.39, 0.29) is 23.1 Å². The van der Waals surface area contributed by atoms with E-state index in [4.69, 9.17) is 0 Å². The number of amides is 2. The average Bonchev–Trinajstić information content (AvgIpc) is 2.93. The molecule has 0 radical (unpaired) electrons. The fourth-order valence-electron chi connectivity index (χ4n) is 4.75. The molecule has 1 aliphatic carbocycles. The van der Waals surface area contributed by atoms with E-state index in [2.05, 4.69) is 5.32 Å². The highest BCUT2D eigenvalue weighted by Crippen LogP contribution is 2.28. The number of ketones is 1. The lowest BCUT2D eigenvalue weighted by Gasteiger charge is -2.33. The summed E-state index contributed by atoms with van der Waals surface area (Å²) >= 11 is 0. The molecule has 190 valence electrons. The molecule has 8 nitrogen and oxygen atoms in total. The van der Waals surface area contributed by atoms with E-state index < -0.39 is 29.3 Å². The van der Waals surface area contributed by atoms with Crippen molar-refractivity contribution >= 4 is 23.3 Å². The zero-order valence-corrected chi connectivity index (χ0v) is 20.4. The number of benzene rings is 3. The van der Waals surface area contributed by atoms with Crippen molar-refractivity contribution in [3.63, 3.8) is 0 Å². The lowest BCUT2D eigenvalue weighted by Crippen LogP contribution is -2.48. The molecule has 3 aromatic rings. The summed E-state index contributed by atoms with van der Waals surface area (Å²) < 4.78 is 0. The fraction of sp³-hybridized carbons (Fsp3) is 0.276. The molecule has 37 heavy (non-hydrogen) atoms. The van der Waals surface area contributed by atoms with Gasteiger partial charge >= 0.3 is 0 Å². The van der Waals surface area contributed by atoms with Crippen LogP contribution >= 0.6 is 0 Å². The summed E-state index contributed by atoms with van der Waals surface area (Å²) in [7, 11) is 0. The Morgan fingerprint density at radius 2 is 1.46 bits per heavy atom. The molecule has 1 aliphatic rings. The highest BCUT2D eigenvalue weighted by Gasteiger charge is 2.36. The summed E-state index contributed by atoms with van der Waals surface area (Å²) in [6.07, 6.45) is 4.81. The van der Waals surface area contributed by atoms with Crippen molar-refractivity contribution in [3.8, 4) is 0 Å². The van der Waals surface area contributed by atoms with Crippen molar-refractivity contribution in [1.29, 1.82) is 0 Å². The molecule has 0 spiro atoms. The quantitative estimate of drug-likeness (QED) is 0.250. The lowest BCUT2D eigenvalue weighted by molar-refractivity contribution is -0.385. The summed E-state index contributed by atoms with van der Waals surface area (Å²) in [5, 5.41) is 14.8. The number of rotatable bonds is 9. The summed E-state index contributed by atoms with van der Waals surface area (Å²) in [6, 6.07) is 21.6. The fourth-order valence-corrected chi connectivity index (χ4v) is 4.75. The Labute approximate surface area is 215 Å². The van der Waals surface area contributed by atoms with Crippen LogP contribution in [0.3, 0.4) is 0 Å². The van der Waals surface area contributed by atoms with E-state index in [1.165, 1.54) is 24.3 Å². The summed E-state index contributed by atoms with van der Waals surface area (Å²) in [5.41, 5.74) is 0.329. The predicted octanol–water partition coefficient (Wildman–Crippen LogP) is 5.11. The van der Waals surface area contributed by atoms with Crippen molar-refractivity contribution in [2.45, 2.75) is 44.2 Å².